The Morgan fingerprint density at radius 1 is 1.64 bits per heavy atom. The van der Waals surface area contributed by atoms with Gasteiger partial charge in [-0.25, -0.2) is 0 Å². The number of halogens is 1. The number of hydrogen-bond acceptors (Lipinski definition) is 3. The summed E-state index contributed by atoms with van der Waals surface area (Å²) in [6, 6.07) is 3.59. The van der Waals surface area contributed by atoms with Crippen molar-refractivity contribution in [1.29, 1.82) is 0 Å². The van der Waals surface area contributed by atoms with Gasteiger partial charge in [0.15, 0.2) is 0 Å². The normalized spacial score (nSPS) is 9.86. The molecular formula is C9H9FN2O2. The maximum Gasteiger partial charge on any atom is 0.304 e. The fraction of sp³-hybridized carbons (Fsp3) is 0.111. The molecule has 14 heavy (non-hydrogen) atoms. The molecule has 0 unspecified atom stereocenters. The Labute approximate surface area is 80.0 Å². The molecule has 0 heterocycles. The van der Waals surface area contributed by atoms with Crippen LogP contribution in [0.2, 0.25) is 0 Å². The minimum atomic E-state index is -0.873. The van der Waals surface area contributed by atoms with Crippen LogP contribution in [0.4, 0.5) is 10.1 Å². The van der Waals surface area contributed by atoms with E-state index in [1.54, 1.807) is 0 Å². The summed E-state index contributed by atoms with van der Waals surface area (Å²) in [7, 11) is 0. The van der Waals surface area contributed by atoms with Gasteiger partial charge in [-0.2, -0.15) is 4.39 Å². The van der Waals surface area contributed by atoms with Gasteiger partial charge >= 0.3 is 5.69 Å². The summed E-state index contributed by atoms with van der Waals surface area (Å²) in [5.41, 5.74) is 5.78. The molecule has 0 radical (unpaired) electrons. The first kappa shape index (κ1) is 10.3. The van der Waals surface area contributed by atoms with Crippen LogP contribution in [0.15, 0.2) is 24.8 Å². The number of benzene rings is 1. The van der Waals surface area contributed by atoms with Crippen molar-refractivity contribution >= 4 is 11.3 Å². The monoisotopic (exact) mass is 196 g/mol. The molecule has 0 aliphatic carbocycles. The van der Waals surface area contributed by atoms with Crippen LogP contribution in [0.1, 0.15) is 5.56 Å². The van der Waals surface area contributed by atoms with Gasteiger partial charge in [0.1, 0.15) is 0 Å². The maximum atomic E-state index is 13.1. The number of rotatable bonds is 3. The summed E-state index contributed by atoms with van der Waals surface area (Å²) < 4.78 is 13.1. The molecule has 0 fully saturated rings. The Hall–Kier alpha value is -1.75. The van der Waals surface area contributed by atoms with Crippen LogP contribution in [0, 0.1) is 15.9 Å². The van der Waals surface area contributed by atoms with E-state index in [0.717, 1.165) is 12.1 Å². The Morgan fingerprint density at radius 3 is 2.71 bits per heavy atom. The third-order valence-corrected chi connectivity index (χ3v) is 1.80. The Bertz CT molecular complexity index is 390. The van der Waals surface area contributed by atoms with Gasteiger partial charge in [0.25, 0.3) is 0 Å². The predicted molar refractivity (Wildman–Crippen MR) is 51.1 cm³/mol. The molecule has 4 nitrogen and oxygen atoms in total. The lowest BCUT2D eigenvalue weighted by Crippen LogP contribution is -2.02. The molecule has 0 spiro atoms. The quantitative estimate of drug-likeness (QED) is 0.591. The van der Waals surface area contributed by atoms with Crippen LogP contribution in [0.3, 0.4) is 0 Å². The van der Waals surface area contributed by atoms with Crippen molar-refractivity contribution in [3.63, 3.8) is 0 Å². The van der Waals surface area contributed by atoms with Crippen molar-refractivity contribution in [1.82, 2.24) is 0 Å². The van der Waals surface area contributed by atoms with E-state index >= 15 is 0 Å². The fourth-order valence-electron chi connectivity index (χ4n) is 0.993. The standard InChI is InChI=1S/C9H9FN2O2/c1-6(5-11)7-2-3-9(12(13)14)8(10)4-7/h2-4H,1,5,11H2. The second-order valence-corrected chi connectivity index (χ2v) is 2.73. The molecular weight excluding hydrogens is 187 g/mol. The number of nitrogens with zero attached hydrogens (tertiary/aromatic N) is 1. The van der Waals surface area contributed by atoms with Gasteiger partial charge in [-0.05, 0) is 23.3 Å². The smallest absolute Gasteiger partial charge is 0.304 e. The summed E-state index contributed by atoms with van der Waals surface area (Å²) >= 11 is 0. The molecule has 1 aromatic carbocycles. The largest absolute Gasteiger partial charge is 0.326 e. The average molecular weight is 196 g/mol. The Balaban J connectivity index is 3.12. The van der Waals surface area contributed by atoms with E-state index in [0.29, 0.717) is 11.1 Å². The lowest BCUT2D eigenvalue weighted by Gasteiger charge is -2.02. The first-order valence-corrected chi connectivity index (χ1v) is 3.88. The fourth-order valence-corrected chi connectivity index (χ4v) is 0.993. The van der Waals surface area contributed by atoms with Crippen LogP contribution >= 0.6 is 0 Å². The lowest BCUT2D eigenvalue weighted by atomic mass is 10.1. The van der Waals surface area contributed by atoms with Crippen molar-refractivity contribution in [2.24, 2.45) is 5.73 Å². The second kappa shape index (κ2) is 3.97. The van der Waals surface area contributed by atoms with Crippen molar-refractivity contribution in [2.75, 3.05) is 6.54 Å². The van der Waals surface area contributed by atoms with E-state index in [1.165, 1.54) is 6.07 Å². The van der Waals surface area contributed by atoms with Crippen LogP contribution in [0.25, 0.3) is 5.57 Å². The zero-order valence-corrected chi connectivity index (χ0v) is 7.37. The van der Waals surface area contributed by atoms with Crippen molar-refractivity contribution in [3.8, 4) is 0 Å². The van der Waals surface area contributed by atoms with Crippen LogP contribution in [0.5, 0.6) is 0 Å². The van der Waals surface area contributed by atoms with E-state index in [2.05, 4.69) is 6.58 Å². The van der Waals surface area contributed by atoms with E-state index in [9.17, 15) is 14.5 Å². The summed E-state index contributed by atoms with van der Waals surface area (Å²) in [6.45, 7) is 3.79. The Kier molecular flexibility index (Phi) is 2.93. The molecule has 0 aliphatic heterocycles. The van der Waals surface area contributed by atoms with E-state index < -0.39 is 16.4 Å². The highest BCUT2D eigenvalue weighted by Gasteiger charge is 2.13. The van der Waals surface area contributed by atoms with Gasteiger partial charge in [-0.1, -0.05) is 6.58 Å². The van der Waals surface area contributed by atoms with E-state index in [4.69, 9.17) is 5.73 Å². The minimum Gasteiger partial charge on any atom is -0.326 e. The topological polar surface area (TPSA) is 69.2 Å². The average Bonchev–Trinajstić information content (AvgIpc) is 2.15. The van der Waals surface area contributed by atoms with Gasteiger partial charge in [0.05, 0.1) is 4.92 Å². The van der Waals surface area contributed by atoms with Gasteiger partial charge in [-0.15, -0.1) is 0 Å². The molecule has 1 aromatic rings. The molecule has 2 N–H and O–H groups in total. The minimum absolute atomic E-state index is 0.192. The number of hydrogen-bond donors (Lipinski definition) is 1. The molecule has 1 rings (SSSR count). The SMILES string of the molecule is C=C(CN)c1ccc([N+](=O)[O-])c(F)c1. The summed E-state index contributed by atoms with van der Waals surface area (Å²) in [6.07, 6.45) is 0. The van der Waals surface area contributed by atoms with Gasteiger partial charge in [0, 0.05) is 12.6 Å². The third kappa shape index (κ3) is 1.94. The van der Waals surface area contributed by atoms with E-state index in [-0.39, 0.29) is 6.54 Å². The zero-order valence-electron chi connectivity index (χ0n) is 7.37. The number of nitro benzene ring substituents is 1. The van der Waals surface area contributed by atoms with Crippen LogP contribution in [-0.2, 0) is 0 Å². The lowest BCUT2D eigenvalue weighted by molar-refractivity contribution is -0.387. The summed E-state index contributed by atoms with van der Waals surface area (Å²) in [5.74, 6) is -0.873. The highest BCUT2D eigenvalue weighted by Crippen LogP contribution is 2.21. The molecule has 5 heteroatoms. The highest BCUT2D eigenvalue weighted by molar-refractivity contribution is 5.65. The van der Waals surface area contributed by atoms with Crippen molar-refractivity contribution in [2.45, 2.75) is 0 Å². The van der Waals surface area contributed by atoms with Gasteiger partial charge < -0.3 is 5.73 Å². The molecule has 0 saturated heterocycles. The molecule has 0 aliphatic rings. The number of nitrogens with two attached hydrogens (primary N) is 1. The second-order valence-electron chi connectivity index (χ2n) is 2.73. The van der Waals surface area contributed by atoms with Crippen molar-refractivity contribution in [3.05, 3.63) is 46.3 Å². The molecule has 0 atom stereocenters. The molecule has 0 amide bonds. The number of nitro groups is 1. The van der Waals surface area contributed by atoms with Crippen molar-refractivity contribution < 1.29 is 9.31 Å². The first-order valence-electron chi connectivity index (χ1n) is 3.88. The molecule has 0 bridgehead atoms. The first-order chi connectivity index (χ1) is 6.56. The molecule has 0 aromatic heterocycles. The predicted octanol–water partition coefficient (Wildman–Crippen LogP) is 1.71. The summed E-state index contributed by atoms with van der Waals surface area (Å²) in [5, 5.41) is 10.3. The van der Waals surface area contributed by atoms with E-state index in [1.807, 2.05) is 0 Å². The molecule has 0 saturated carbocycles. The third-order valence-electron chi connectivity index (χ3n) is 1.80. The molecule has 74 valence electrons. The zero-order chi connectivity index (χ0) is 10.7. The maximum absolute atomic E-state index is 13.1. The Morgan fingerprint density at radius 2 is 2.29 bits per heavy atom. The van der Waals surface area contributed by atoms with Gasteiger partial charge in [0.2, 0.25) is 5.82 Å². The van der Waals surface area contributed by atoms with Crippen LogP contribution in [-0.4, -0.2) is 11.5 Å². The van der Waals surface area contributed by atoms with Crippen LogP contribution < -0.4 is 5.73 Å². The summed E-state index contributed by atoms with van der Waals surface area (Å²) in [4.78, 5) is 9.52. The van der Waals surface area contributed by atoms with Gasteiger partial charge in [-0.3, -0.25) is 10.1 Å². The highest BCUT2D eigenvalue weighted by atomic mass is 19.1.